The maximum atomic E-state index is 12.5. The van der Waals surface area contributed by atoms with Crippen molar-refractivity contribution in [3.8, 4) is 16.3 Å². The molecule has 31 heavy (non-hydrogen) atoms. The minimum atomic E-state index is -0.321. The molecule has 2 aromatic heterocycles. The molecule has 0 aliphatic heterocycles. The normalized spacial score (nSPS) is 10.8. The highest BCUT2D eigenvalue weighted by Gasteiger charge is 2.14. The van der Waals surface area contributed by atoms with Gasteiger partial charge in [0.15, 0.2) is 10.9 Å². The van der Waals surface area contributed by atoms with Gasteiger partial charge in [-0.05, 0) is 71.8 Å². The van der Waals surface area contributed by atoms with Crippen LogP contribution in [0.2, 0.25) is 0 Å². The van der Waals surface area contributed by atoms with E-state index in [0.29, 0.717) is 15.8 Å². The number of thiocarbonyl (C=S) groups is 1. The summed E-state index contributed by atoms with van der Waals surface area (Å²) in [4.78, 5) is 13.3. The molecule has 2 aromatic carbocycles. The largest absolute Gasteiger partial charge is 0.496 e. The molecule has 2 heterocycles. The summed E-state index contributed by atoms with van der Waals surface area (Å²) in [6.07, 6.45) is 0. The van der Waals surface area contributed by atoms with Crippen molar-refractivity contribution < 1.29 is 9.53 Å². The van der Waals surface area contributed by atoms with Gasteiger partial charge >= 0.3 is 0 Å². The van der Waals surface area contributed by atoms with E-state index in [2.05, 4.69) is 41.9 Å². The fourth-order valence-corrected chi connectivity index (χ4v) is 4.48. The van der Waals surface area contributed by atoms with Crippen LogP contribution in [0.4, 0.5) is 5.69 Å². The first-order valence-electron chi connectivity index (χ1n) is 9.11. The van der Waals surface area contributed by atoms with E-state index in [1.807, 2.05) is 32.0 Å². The number of carbonyl (C=O) groups is 1. The van der Waals surface area contributed by atoms with Crippen molar-refractivity contribution in [2.75, 3.05) is 12.4 Å². The number of aromatic nitrogens is 4. The van der Waals surface area contributed by atoms with Gasteiger partial charge in [0, 0.05) is 16.8 Å². The number of halogens is 1. The van der Waals surface area contributed by atoms with Gasteiger partial charge in [-0.1, -0.05) is 23.5 Å². The van der Waals surface area contributed by atoms with Crippen LogP contribution in [0.1, 0.15) is 21.7 Å². The molecule has 0 atom stereocenters. The molecule has 0 aliphatic carbocycles. The number of nitrogens with one attached hydrogen (secondary N) is 2. The number of rotatable bonds is 4. The quantitative estimate of drug-likeness (QED) is 0.389. The highest BCUT2D eigenvalue weighted by molar-refractivity contribution is 9.10. The molecular weight excluding hydrogens is 500 g/mol. The number of nitrogens with zero attached hydrogens (tertiary/aromatic N) is 4. The van der Waals surface area contributed by atoms with Gasteiger partial charge in [-0.2, -0.15) is 9.61 Å². The van der Waals surface area contributed by atoms with Gasteiger partial charge in [-0.25, -0.2) is 0 Å². The molecule has 4 aromatic rings. The molecule has 2 N–H and O–H groups in total. The number of methoxy groups -OCH3 is 1. The Morgan fingerprint density at radius 2 is 2.00 bits per heavy atom. The first kappa shape index (κ1) is 21.3. The third-order valence-corrected chi connectivity index (χ3v) is 6.29. The predicted octanol–water partition coefficient (Wildman–Crippen LogP) is 4.37. The highest BCUT2D eigenvalue weighted by atomic mass is 79.9. The van der Waals surface area contributed by atoms with E-state index in [1.165, 1.54) is 11.3 Å². The highest BCUT2D eigenvalue weighted by Crippen LogP contribution is 2.29. The summed E-state index contributed by atoms with van der Waals surface area (Å²) >= 11 is 10.2. The van der Waals surface area contributed by atoms with Gasteiger partial charge in [0.1, 0.15) is 10.8 Å². The van der Waals surface area contributed by atoms with Crippen LogP contribution in [0.15, 0.2) is 40.9 Å². The standard InChI is InChI=1S/C20H17BrN6O2S2/c1-10-4-5-13(18-26-27-11(2)24-25-20(27)31-18)9-15(10)22-19(30)23-17(28)12-6-7-16(29-3)14(21)8-12/h4-9H,1-3H3,(H2,22,23,28,30). The van der Waals surface area contributed by atoms with E-state index >= 15 is 0 Å². The van der Waals surface area contributed by atoms with Crippen LogP contribution in [-0.4, -0.2) is 37.9 Å². The molecule has 0 radical (unpaired) electrons. The molecule has 4 rings (SSSR count). The molecule has 0 saturated heterocycles. The monoisotopic (exact) mass is 516 g/mol. The summed E-state index contributed by atoms with van der Waals surface area (Å²) in [5, 5.41) is 19.5. The fraction of sp³-hybridized carbons (Fsp3) is 0.150. The number of anilines is 1. The van der Waals surface area contributed by atoms with Crippen molar-refractivity contribution in [2.24, 2.45) is 0 Å². The number of aryl methyl sites for hydroxylation is 2. The Labute approximate surface area is 195 Å². The number of hydrogen-bond donors (Lipinski definition) is 2. The van der Waals surface area contributed by atoms with Gasteiger partial charge in [0.2, 0.25) is 4.96 Å². The maximum Gasteiger partial charge on any atom is 0.257 e. The number of carbonyl (C=O) groups excluding carboxylic acids is 1. The van der Waals surface area contributed by atoms with E-state index < -0.39 is 0 Å². The third kappa shape index (κ3) is 4.43. The van der Waals surface area contributed by atoms with E-state index in [1.54, 1.807) is 29.8 Å². The Hall–Kier alpha value is -2.89. The Morgan fingerprint density at radius 1 is 1.19 bits per heavy atom. The molecule has 0 fully saturated rings. The van der Waals surface area contributed by atoms with Crippen LogP contribution in [0, 0.1) is 13.8 Å². The zero-order valence-corrected chi connectivity index (χ0v) is 20.0. The lowest BCUT2D eigenvalue weighted by molar-refractivity contribution is 0.0977. The fourth-order valence-electron chi connectivity index (χ4n) is 2.86. The van der Waals surface area contributed by atoms with Gasteiger partial charge < -0.3 is 10.1 Å². The van der Waals surface area contributed by atoms with Crippen molar-refractivity contribution >= 4 is 61.2 Å². The molecule has 1 amide bonds. The number of fused-ring (bicyclic) bond motifs is 1. The average Bonchev–Trinajstić information content (AvgIpc) is 3.31. The molecule has 0 aliphatic rings. The zero-order chi connectivity index (χ0) is 22.1. The zero-order valence-electron chi connectivity index (χ0n) is 16.8. The Bertz CT molecular complexity index is 1320. The van der Waals surface area contributed by atoms with Crippen LogP contribution in [0.25, 0.3) is 15.5 Å². The molecule has 0 unspecified atom stereocenters. The number of amides is 1. The first-order chi connectivity index (χ1) is 14.9. The summed E-state index contributed by atoms with van der Waals surface area (Å²) in [5.41, 5.74) is 3.13. The topological polar surface area (TPSA) is 93.4 Å². The predicted molar refractivity (Wildman–Crippen MR) is 128 cm³/mol. The number of ether oxygens (including phenoxy) is 1. The summed E-state index contributed by atoms with van der Waals surface area (Å²) < 4.78 is 7.59. The lowest BCUT2D eigenvalue weighted by Crippen LogP contribution is -2.34. The van der Waals surface area contributed by atoms with Crippen molar-refractivity contribution in [1.82, 2.24) is 25.1 Å². The number of benzene rings is 2. The van der Waals surface area contributed by atoms with E-state index in [9.17, 15) is 4.79 Å². The van der Waals surface area contributed by atoms with Crippen molar-refractivity contribution in [1.29, 1.82) is 0 Å². The minimum Gasteiger partial charge on any atom is -0.496 e. The Kier molecular flexibility index (Phi) is 5.99. The van der Waals surface area contributed by atoms with Gasteiger partial charge in [0.25, 0.3) is 5.91 Å². The Balaban J connectivity index is 1.50. The smallest absolute Gasteiger partial charge is 0.257 e. The third-order valence-electron chi connectivity index (χ3n) is 4.52. The van der Waals surface area contributed by atoms with Crippen LogP contribution in [-0.2, 0) is 0 Å². The van der Waals surface area contributed by atoms with E-state index in [0.717, 1.165) is 32.6 Å². The summed E-state index contributed by atoms with van der Waals surface area (Å²) in [5.74, 6) is 1.06. The summed E-state index contributed by atoms with van der Waals surface area (Å²) in [6.45, 7) is 3.81. The van der Waals surface area contributed by atoms with Gasteiger partial charge in [-0.3, -0.25) is 10.1 Å². The maximum absolute atomic E-state index is 12.5. The molecule has 0 saturated carbocycles. The Morgan fingerprint density at radius 3 is 2.71 bits per heavy atom. The van der Waals surface area contributed by atoms with Crippen LogP contribution < -0.4 is 15.4 Å². The second-order valence-corrected chi connectivity index (χ2v) is 8.85. The summed E-state index contributed by atoms with van der Waals surface area (Å²) in [6, 6.07) is 11.0. The van der Waals surface area contributed by atoms with Crippen LogP contribution >= 0.6 is 39.5 Å². The lowest BCUT2D eigenvalue weighted by atomic mass is 10.1. The number of hydrogen-bond acceptors (Lipinski definition) is 7. The van der Waals surface area contributed by atoms with Gasteiger partial charge in [-0.15, -0.1) is 10.2 Å². The van der Waals surface area contributed by atoms with Crippen molar-refractivity contribution in [2.45, 2.75) is 13.8 Å². The second kappa shape index (κ2) is 8.69. The minimum absolute atomic E-state index is 0.200. The van der Waals surface area contributed by atoms with Crippen LogP contribution in [0.3, 0.4) is 0 Å². The molecule has 8 nitrogen and oxygen atoms in total. The molecule has 158 valence electrons. The molecule has 0 bridgehead atoms. The van der Waals surface area contributed by atoms with Crippen molar-refractivity contribution in [3.05, 3.63) is 57.8 Å². The molecule has 11 heteroatoms. The molecular formula is C20H17BrN6O2S2. The lowest BCUT2D eigenvalue weighted by Gasteiger charge is -2.13. The van der Waals surface area contributed by atoms with E-state index in [4.69, 9.17) is 17.0 Å². The van der Waals surface area contributed by atoms with Crippen molar-refractivity contribution in [3.63, 3.8) is 0 Å². The summed E-state index contributed by atoms with van der Waals surface area (Å²) in [7, 11) is 1.57. The van der Waals surface area contributed by atoms with Crippen LogP contribution in [0.5, 0.6) is 5.75 Å². The van der Waals surface area contributed by atoms with Gasteiger partial charge in [0.05, 0.1) is 11.6 Å². The second-order valence-electron chi connectivity index (χ2n) is 6.64. The van der Waals surface area contributed by atoms with E-state index in [-0.39, 0.29) is 11.0 Å². The average molecular weight is 517 g/mol. The molecule has 0 spiro atoms. The first-order valence-corrected chi connectivity index (χ1v) is 11.1. The SMILES string of the molecule is COc1ccc(C(=O)NC(=S)Nc2cc(-c3nn4c(C)nnc4s3)ccc2C)cc1Br.